The van der Waals surface area contributed by atoms with Crippen LogP contribution in [-0.4, -0.2) is 59.8 Å². The van der Waals surface area contributed by atoms with Crippen molar-refractivity contribution in [1.29, 1.82) is 0 Å². The molecule has 1 fully saturated rings. The van der Waals surface area contributed by atoms with Gasteiger partial charge in [0.15, 0.2) is 0 Å². The number of ether oxygens (including phenoxy) is 1. The molecule has 0 unspecified atom stereocenters. The normalized spacial score (nSPS) is 15.0. The number of rotatable bonds is 9. The van der Waals surface area contributed by atoms with Crippen LogP contribution in [0.5, 0.6) is 0 Å². The lowest BCUT2D eigenvalue weighted by Crippen LogP contribution is -2.39. The fourth-order valence-corrected chi connectivity index (χ4v) is 3.62. The standard InChI is InChI=1S/C21H20N2O7S/c1-29-9-3-8-22-18(24)12-23-19(25)17(31-21(23)28)11-15-6-7-16(30-15)13-4-2-5-14(10-13)20(26)27/h2,4-7,10-11H,3,8-9,12H2,1H3,(H,22,24)(H,26,27)/b17-11-. The molecule has 2 N–H and O–H groups in total. The summed E-state index contributed by atoms with van der Waals surface area (Å²) >= 11 is 0.723. The molecule has 0 bridgehead atoms. The number of hydrogen-bond donors (Lipinski definition) is 2. The van der Waals surface area contributed by atoms with Crippen LogP contribution in [0.2, 0.25) is 0 Å². The zero-order chi connectivity index (χ0) is 22.4. The molecule has 3 rings (SSSR count). The number of methoxy groups -OCH3 is 1. The van der Waals surface area contributed by atoms with Crippen molar-refractivity contribution in [2.75, 3.05) is 26.8 Å². The van der Waals surface area contributed by atoms with Gasteiger partial charge in [0.05, 0.1) is 10.5 Å². The average molecular weight is 444 g/mol. The summed E-state index contributed by atoms with van der Waals surface area (Å²) in [6.07, 6.45) is 2.05. The van der Waals surface area contributed by atoms with E-state index in [1.807, 2.05) is 0 Å². The van der Waals surface area contributed by atoms with Crippen LogP contribution in [0, 0.1) is 0 Å². The molecule has 0 aliphatic carbocycles. The number of nitrogens with one attached hydrogen (secondary N) is 1. The predicted molar refractivity (Wildman–Crippen MR) is 113 cm³/mol. The van der Waals surface area contributed by atoms with Crippen LogP contribution >= 0.6 is 11.8 Å². The summed E-state index contributed by atoms with van der Waals surface area (Å²) < 4.78 is 10.6. The Balaban J connectivity index is 1.67. The van der Waals surface area contributed by atoms with Gasteiger partial charge in [-0.15, -0.1) is 0 Å². The summed E-state index contributed by atoms with van der Waals surface area (Å²) in [6, 6.07) is 9.51. The maximum atomic E-state index is 12.5. The van der Waals surface area contributed by atoms with Crippen molar-refractivity contribution in [3.8, 4) is 11.3 Å². The molecular weight excluding hydrogens is 424 g/mol. The number of carboxylic acids is 1. The fourth-order valence-electron chi connectivity index (χ4n) is 2.80. The molecule has 0 atom stereocenters. The lowest BCUT2D eigenvalue weighted by Gasteiger charge is -2.12. The van der Waals surface area contributed by atoms with Crippen molar-refractivity contribution in [3.05, 3.63) is 52.6 Å². The van der Waals surface area contributed by atoms with E-state index < -0.39 is 23.0 Å². The van der Waals surface area contributed by atoms with E-state index in [0.29, 0.717) is 36.7 Å². The first-order valence-corrected chi connectivity index (χ1v) is 10.1. The van der Waals surface area contributed by atoms with Gasteiger partial charge >= 0.3 is 5.97 Å². The average Bonchev–Trinajstić information content (AvgIpc) is 3.32. The Morgan fingerprint density at radius 1 is 1.26 bits per heavy atom. The van der Waals surface area contributed by atoms with Crippen molar-refractivity contribution in [2.24, 2.45) is 0 Å². The highest BCUT2D eigenvalue weighted by Crippen LogP contribution is 2.33. The van der Waals surface area contributed by atoms with Gasteiger partial charge in [-0.05, 0) is 42.4 Å². The topological polar surface area (TPSA) is 126 Å². The molecule has 2 heterocycles. The Bertz CT molecular complexity index is 1040. The lowest BCUT2D eigenvalue weighted by atomic mass is 10.1. The van der Waals surface area contributed by atoms with Crippen LogP contribution in [0.3, 0.4) is 0 Å². The van der Waals surface area contributed by atoms with Gasteiger partial charge in [-0.2, -0.15) is 0 Å². The molecule has 1 saturated heterocycles. The fraction of sp³-hybridized carbons (Fsp3) is 0.238. The first-order valence-electron chi connectivity index (χ1n) is 9.33. The number of benzene rings is 1. The molecule has 0 saturated carbocycles. The predicted octanol–water partition coefficient (Wildman–Crippen LogP) is 2.83. The lowest BCUT2D eigenvalue weighted by molar-refractivity contribution is -0.129. The molecule has 1 aromatic heterocycles. The largest absolute Gasteiger partial charge is 0.478 e. The first-order chi connectivity index (χ1) is 14.9. The monoisotopic (exact) mass is 444 g/mol. The quantitative estimate of drug-likeness (QED) is 0.447. The molecule has 9 nitrogen and oxygen atoms in total. The smallest absolute Gasteiger partial charge is 0.335 e. The van der Waals surface area contributed by atoms with Gasteiger partial charge in [0, 0.05) is 31.9 Å². The molecule has 3 amide bonds. The van der Waals surface area contributed by atoms with Crippen molar-refractivity contribution in [2.45, 2.75) is 6.42 Å². The maximum absolute atomic E-state index is 12.5. The van der Waals surface area contributed by atoms with E-state index in [9.17, 15) is 19.2 Å². The SMILES string of the molecule is COCCCNC(=O)CN1C(=O)S/C(=C\c2ccc(-c3cccc(C(=O)O)c3)o2)C1=O. The molecule has 2 aromatic rings. The first kappa shape index (κ1) is 22.3. The minimum atomic E-state index is -1.05. The van der Waals surface area contributed by atoms with E-state index in [-0.39, 0.29) is 17.0 Å². The van der Waals surface area contributed by atoms with Gasteiger partial charge in [0.2, 0.25) is 5.91 Å². The summed E-state index contributed by atoms with van der Waals surface area (Å²) in [6.45, 7) is 0.522. The molecule has 1 aliphatic rings. The molecule has 1 aromatic carbocycles. The molecule has 0 radical (unpaired) electrons. The molecular formula is C21H20N2O7S. The number of nitrogens with zero attached hydrogens (tertiary/aromatic N) is 1. The molecule has 162 valence electrons. The third-order valence-electron chi connectivity index (χ3n) is 4.32. The van der Waals surface area contributed by atoms with Crippen molar-refractivity contribution in [1.82, 2.24) is 10.2 Å². The van der Waals surface area contributed by atoms with Gasteiger partial charge < -0.3 is 19.6 Å². The van der Waals surface area contributed by atoms with E-state index in [1.54, 1.807) is 31.4 Å². The minimum Gasteiger partial charge on any atom is -0.478 e. The van der Waals surface area contributed by atoms with Gasteiger partial charge in [-0.25, -0.2) is 4.79 Å². The third kappa shape index (κ3) is 5.62. The highest BCUT2D eigenvalue weighted by molar-refractivity contribution is 8.18. The van der Waals surface area contributed by atoms with Crippen LogP contribution < -0.4 is 5.32 Å². The van der Waals surface area contributed by atoms with Crippen molar-refractivity contribution >= 4 is 40.9 Å². The van der Waals surface area contributed by atoms with E-state index in [1.165, 1.54) is 18.2 Å². The highest BCUT2D eigenvalue weighted by atomic mass is 32.2. The number of hydrogen-bond acceptors (Lipinski definition) is 7. The number of thioether (sulfide) groups is 1. The number of furan rings is 1. The Morgan fingerprint density at radius 3 is 2.81 bits per heavy atom. The summed E-state index contributed by atoms with van der Waals surface area (Å²) in [5.74, 6) is -1.31. The Morgan fingerprint density at radius 2 is 2.06 bits per heavy atom. The Hall–Kier alpha value is -3.37. The van der Waals surface area contributed by atoms with E-state index in [2.05, 4.69) is 5.32 Å². The van der Waals surface area contributed by atoms with Gasteiger partial charge in [0.25, 0.3) is 11.1 Å². The van der Waals surface area contributed by atoms with Crippen LogP contribution in [0.15, 0.2) is 45.7 Å². The van der Waals surface area contributed by atoms with Crippen LogP contribution in [-0.2, 0) is 14.3 Å². The van der Waals surface area contributed by atoms with Crippen LogP contribution in [0.1, 0.15) is 22.5 Å². The summed E-state index contributed by atoms with van der Waals surface area (Å²) in [5.41, 5.74) is 0.690. The Labute approximate surface area is 182 Å². The number of aromatic carboxylic acids is 1. The maximum Gasteiger partial charge on any atom is 0.335 e. The summed E-state index contributed by atoms with van der Waals surface area (Å²) in [5, 5.41) is 11.2. The van der Waals surface area contributed by atoms with Gasteiger partial charge in [0.1, 0.15) is 18.1 Å². The number of carbonyl (C=O) groups excluding carboxylic acids is 3. The zero-order valence-corrected chi connectivity index (χ0v) is 17.4. The van der Waals surface area contributed by atoms with Crippen LogP contribution in [0.4, 0.5) is 4.79 Å². The second kappa shape index (κ2) is 10.1. The number of carbonyl (C=O) groups is 4. The number of carboxylic acid groups (broad SMARTS) is 1. The van der Waals surface area contributed by atoms with E-state index in [4.69, 9.17) is 14.3 Å². The number of amides is 3. The van der Waals surface area contributed by atoms with Crippen LogP contribution in [0.25, 0.3) is 17.4 Å². The summed E-state index contributed by atoms with van der Waals surface area (Å²) in [4.78, 5) is 48.8. The third-order valence-corrected chi connectivity index (χ3v) is 5.22. The molecule has 10 heteroatoms. The zero-order valence-electron chi connectivity index (χ0n) is 16.6. The highest BCUT2D eigenvalue weighted by Gasteiger charge is 2.36. The Kier molecular flexibility index (Phi) is 7.27. The van der Waals surface area contributed by atoms with Crippen molar-refractivity contribution in [3.63, 3.8) is 0 Å². The van der Waals surface area contributed by atoms with Crippen molar-refractivity contribution < 1.29 is 33.4 Å². The summed E-state index contributed by atoms with van der Waals surface area (Å²) in [7, 11) is 1.56. The molecule has 0 spiro atoms. The van der Waals surface area contributed by atoms with Gasteiger partial charge in [-0.1, -0.05) is 12.1 Å². The molecule has 31 heavy (non-hydrogen) atoms. The number of imide groups is 1. The molecule has 1 aliphatic heterocycles. The second-order valence-corrected chi connectivity index (χ2v) is 7.55. The minimum absolute atomic E-state index is 0.122. The second-order valence-electron chi connectivity index (χ2n) is 6.55. The van der Waals surface area contributed by atoms with E-state index in [0.717, 1.165) is 16.7 Å². The van der Waals surface area contributed by atoms with E-state index >= 15 is 0 Å². The van der Waals surface area contributed by atoms with Gasteiger partial charge in [-0.3, -0.25) is 19.3 Å².